The molecule has 0 radical (unpaired) electrons. The summed E-state index contributed by atoms with van der Waals surface area (Å²) in [6.07, 6.45) is 1.75. The van der Waals surface area contributed by atoms with Crippen LogP contribution >= 0.6 is 11.8 Å². The lowest BCUT2D eigenvalue weighted by molar-refractivity contribution is 0.814. The van der Waals surface area contributed by atoms with E-state index in [0.717, 1.165) is 16.3 Å². The van der Waals surface area contributed by atoms with Crippen molar-refractivity contribution >= 4 is 17.6 Å². The highest BCUT2D eigenvalue weighted by atomic mass is 32.2. The Hall–Kier alpha value is -1.56. The summed E-state index contributed by atoms with van der Waals surface area (Å²) in [6, 6.07) is 3.74. The molecule has 2 heterocycles. The SMILES string of the molecule is CCSc1cnn(-c2ccc(C)nn2)c1N. The minimum absolute atomic E-state index is 0.616. The van der Waals surface area contributed by atoms with Crippen molar-refractivity contribution in [1.29, 1.82) is 0 Å². The van der Waals surface area contributed by atoms with Crippen molar-refractivity contribution in [3.63, 3.8) is 0 Å². The second kappa shape index (κ2) is 4.52. The zero-order valence-corrected chi connectivity index (χ0v) is 10.0. The number of hydrogen-bond donors (Lipinski definition) is 1. The molecule has 0 fully saturated rings. The Kier molecular flexibility index (Phi) is 3.09. The molecule has 0 aliphatic rings. The van der Waals surface area contributed by atoms with Gasteiger partial charge in [0.25, 0.3) is 0 Å². The van der Waals surface area contributed by atoms with Gasteiger partial charge in [-0.15, -0.1) is 16.9 Å². The average Bonchev–Trinajstić information content (AvgIpc) is 2.63. The highest BCUT2D eigenvalue weighted by Crippen LogP contribution is 2.25. The van der Waals surface area contributed by atoms with Gasteiger partial charge in [0.2, 0.25) is 0 Å². The van der Waals surface area contributed by atoms with Crippen LogP contribution in [0.5, 0.6) is 0 Å². The Morgan fingerprint density at radius 2 is 2.19 bits per heavy atom. The van der Waals surface area contributed by atoms with Crippen molar-refractivity contribution < 1.29 is 0 Å². The summed E-state index contributed by atoms with van der Waals surface area (Å²) in [6.45, 7) is 3.97. The quantitative estimate of drug-likeness (QED) is 0.819. The second-order valence-corrected chi connectivity index (χ2v) is 4.58. The number of nitrogens with two attached hydrogens (primary N) is 1. The molecule has 0 atom stereocenters. The summed E-state index contributed by atoms with van der Waals surface area (Å²) < 4.78 is 1.60. The smallest absolute Gasteiger partial charge is 0.178 e. The predicted molar refractivity (Wildman–Crippen MR) is 64.7 cm³/mol. The van der Waals surface area contributed by atoms with Crippen LogP contribution in [-0.2, 0) is 0 Å². The van der Waals surface area contributed by atoms with E-state index in [-0.39, 0.29) is 0 Å². The van der Waals surface area contributed by atoms with E-state index in [2.05, 4.69) is 22.2 Å². The molecular weight excluding hydrogens is 222 g/mol. The molecule has 84 valence electrons. The zero-order valence-electron chi connectivity index (χ0n) is 9.21. The molecule has 5 nitrogen and oxygen atoms in total. The molecule has 6 heteroatoms. The third-order valence-corrected chi connectivity index (χ3v) is 2.99. The van der Waals surface area contributed by atoms with Crippen LogP contribution in [0.15, 0.2) is 23.2 Å². The molecule has 0 bridgehead atoms. The van der Waals surface area contributed by atoms with Crippen molar-refractivity contribution in [2.75, 3.05) is 11.5 Å². The number of thioether (sulfide) groups is 1. The minimum Gasteiger partial charge on any atom is -0.383 e. The van der Waals surface area contributed by atoms with Crippen LogP contribution < -0.4 is 5.73 Å². The summed E-state index contributed by atoms with van der Waals surface area (Å²) >= 11 is 1.66. The van der Waals surface area contributed by atoms with Gasteiger partial charge in [-0.2, -0.15) is 14.9 Å². The molecule has 0 aliphatic carbocycles. The topological polar surface area (TPSA) is 69.6 Å². The molecule has 0 saturated carbocycles. The van der Waals surface area contributed by atoms with Gasteiger partial charge in [0.15, 0.2) is 5.82 Å². The third kappa shape index (κ3) is 2.01. The van der Waals surface area contributed by atoms with Crippen LogP contribution in [0, 0.1) is 6.92 Å². The van der Waals surface area contributed by atoms with Gasteiger partial charge < -0.3 is 5.73 Å². The van der Waals surface area contributed by atoms with Crippen molar-refractivity contribution in [1.82, 2.24) is 20.0 Å². The molecule has 2 aromatic rings. The van der Waals surface area contributed by atoms with Gasteiger partial charge in [0.05, 0.1) is 16.8 Å². The van der Waals surface area contributed by atoms with Crippen molar-refractivity contribution in [2.45, 2.75) is 18.7 Å². The van der Waals surface area contributed by atoms with Gasteiger partial charge in [0, 0.05) is 0 Å². The van der Waals surface area contributed by atoms with Gasteiger partial charge in [-0.1, -0.05) is 6.92 Å². The first-order valence-electron chi connectivity index (χ1n) is 4.99. The normalized spacial score (nSPS) is 10.6. The number of rotatable bonds is 3. The van der Waals surface area contributed by atoms with E-state index in [0.29, 0.717) is 11.6 Å². The van der Waals surface area contributed by atoms with Crippen LogP contribution in [0.4, 0.5) is 5.82 Å². The molecule has 0 unspecified atom stereocenters. The number of hydrogen-bond acceptors (Lipinski definition) is 5. The number of anilines is 1. The molecule has 0 aromatic carbocycles. The standard InChI is InChI=1S/C10H13N5S/c1-3-16-8-6-12-15(10(8)11)9-5-4-7(2)13-14-9/h4-6H,3,11H2,1-2H3. The van der Waals surface area contributed by atoms with E-state index in [9.17, 15) is 0 Å². The van der Waals surface area contributed by atoms with Gasteiger partial charge in [-0.25, -0.2) is 0 Å². The molecule has 0 saturated heterocycles. The number of nitrogen functional groups attached to an aromatic ring is 1. The molecule has 16 heavy (non-hydrogen) atoms. The molecule has 2 aromatic heterocycles. The molecule has 2 rings (SSSR count). The lowest BCUT2D eigenvalue weighted by Crippen LogP contribution is -2.05. The van der Waals surface area contributed by atoms with Crippen LogP contribution in [0.3, 0.4) is 0 Å². The molecule has 2 N–H and O–H groups in total. The van der Waals surface area contributed by atoms with Crippen molar-refractivity contribution in [2.24, 2.45) is 0 Å². The van der Waals surface area contributed by atoms with Crippen LogP contribution in [0.2, 0.25) is 0 Å². The van der Waals surface area contributed by atoms with E-state index >= 15 is 0 Å². The Morgan fingerprint density at radius 1 is 1.38 bits per heavy atom. The summed E-state index contributed by atoms with van der Waals surface area (Å²) in [7, 11) is 0. The van der Waals surface area contributed by atoms with Crippen molar-refractivity contribution in [3.8, 4) is 5.82 Å². The third-order valence-electron chi connectivity index (χ3n) is 2.07. The van der Waals surface area contributed by atoms with E-state index in [1.54, 1.807) is 22.6 Å². The first kappa shape index (κ1) is 10.9. The Balaban J connectivity index is 2.37. The highest BCUT2D eigenvalue weighted by molar-refractivity contribution is 7.99. The van der Waals surface area contributed by atoms with E-state index in [4.69, 9.17) is 5.73 Å². The Labute approximate surface area is 98.1 Å². The monoisotopic (exact) mass is 235 g/mol. The maximum atomic E-state index is 5.97. The summed E-state index contributed by atoms with van der Waals surface area (Å²) in [5, 5.41) is 12.2. The highest BCUT2D eigenvalue weighted by Gasteiger charge is 2.09. The van der Waals surface area contributed by atoms with Gasteiger partial charge >= 0.3 is 0 Å². The van der Waals surface area contributed by atoms with Crippen LogP contribution in [0.1, 0.15) is 12.6 Å². The first-order chi connectivity index (χ1) is 7.72. The summed E-state index contributed by atoms with van der Waals surface area (Å²) in [4.78, 5) is 0.977. The van der Waals surface area contributed by atoms with Crippen LogP contribution in [0.25, 0.3) is 5.82 Å². The average molecular weight is 235 g/mol. The number of nitrogens with zero attached hydrogens (tertiary/aromatic N) is 4. The van der Waals surface area contributed by atoms with E-state index in [1.807, 2.05) is 19.1 Å². The van der Waals surface area contributed by atoms with E-state index < -0.39 is 0 Å². The summed E-state index contributed by atoms with van der Waals surface area (Å²) in [5.41, 5.74) is 6.84. The van der Waals surface area contributed by atoms with Gasteiger partial charge in [0.1, 0.15) is 5.82 Å². The molecule has 0 amide bonds. The maximum absolute atomic E-state index is 5.97. The maximum Gasteiger partial charge on any atom is 0.178 e. The fourth-order valence-corrected chi connectivity index (χ4v) is 1.96. The largest absolute Gasteiger partial charge is 0.383 e. The molecular formula is C10H13N5S. The zero-order chi connectivity index (χ0) is 11.5. The minimum atomic E-state index is 0.616. The van der Waals surface area contributed by atoms with E-state index in [1.165, 1.54) is 0 Å². The molecule has 0 aliphatic heterocycles. The van der Waals surface area contributed by atoms with Gasteiger partial charge in [-0.3, -0.25) is 0 Å². The lowest BCUT2D eigenvalue weighted by atomic mass is 10.4. The van der Waals surface area contributed by atoms with Crippen molar-refractivity contribution in [3.05, 3.63) is 24.0 Å². The van der Waals surface area contributed by atoms with Gasteiger partial charge in [-0.05, 0) is 24.8 Å². The summed E-state index contributed by atoms with van der Waals surface area (Å²) in [5.74, 6) is 2.23. The number of aromatic nitrogens is 4. The fourth-order valence-electron chi connectivity index (χ4n) is 1.30. The Bertz CT molecular complexity index is 476. The predicted octanol–water partition coefficient (Wildman–Crippen LogP) is 1.66. The number of aryl methyl sites for hydroxylation is 1. The second-order valence-electron chi connectivity index (χ2n) is 3.27. The lowest BCUT2D eigenvalue weighted by Gasteiger charge is -2.02. The Morgan fingerprint density at radius 3 is 2.81 bits per heavy atom. The van der Waals surface area contributed by atoms with Crippen LogP contribution in [-0.4, -0.2) is 25.7 Å². The molecule has 0 spiro atoms. The first-order valence-corrected chi connectivity index (χ1v) is 5.98. The fraction of sp³-hybridized carbons (Fsp3) is 0.300.